The first kappa shape index (κ1) is 65.5. The number of nitrogens with zero attached hydrogens (tertiary/aromatic N) is 2. The van der Waals surface area contributed by atoms with Crippen molar-refractivity contribution in [3.8, 4) is 0 Å². The fraction of sp³-hybridized carbons (Fsp3) is 0.757. The topological polar surface area (TPSA) is 229 Å². The van der Waals surface area contributed by atoms with E-state index in [-0.39, 0.29) is 129 Å². The minimum atomic E-state index is -0.938. The number of imide groups is 1. The molecule has 0 aliphatic carbocycles. The molecular weight excluding hydrogens is 875 g/mol. The number of likely N-dealkylation sites (tertiary alicyclic amines) is 2. The molecule has 4 atom stereocenters. The summed E-state index contributed by atoms with van der Waals surface area (Å²) in [6.45, 7) is 14.9. The van der Waals surface area contributed by atoms with Crippen molar-refractivity contribution in [1.29, 1.82) is 0 Å². The van der Waals surface area contributed by atoms with E-state index in [9.17, 15) is 38.4 Å². The van der Waals surface area contributed by atoms with Crippen molar-refractivity contribution in [2.75, 3.05) is 18.4 Å². The second kappa shape index (κ2) is 32.6. The molecule has 0 radical (unpaired) electrons. The Morgan fingerprint density at radius 3 is 1.43 bits per heavy atom. The van der Waals surface area contributed by atoms with E-state index in [0.29, 0.717) is 44.6 Å². The maximum atomic E-state index is 11.5. The summed E-state index contributed by atoms with van der Waals surface area (Å²) in [7, 11) is 0. The Bertz CT molecular complexity index is 1220. The van der Waals surface area contributed by atoms with E-state index in [4.69, 9.17) is 14.9 Å². The number of halogens is 2. The van der Waals surface area contributed by atoms with Crippen LogP contribution >= 0.6 is 15.9 Å². The Morgan fingerprint density at radius 1 is 0.804 bits per heavy atom. The number of carbonyl (C=O) groups excluding carboxylic acids is 7. The number of amides is 6. The van der Waals surface area contributed by atoms with Gasteiger partial charge in [-0.3, -0.25) is 43.7 Å². The second-order valence-corrected chi connectivity index (χ2v) is 15.0. The predicted molar refractivity (Wildman–Crippen MR) is 217 cm³/mol. The van der Waals surface area contributed by atoms with Gasteiger partial charge in [0.2, 0.25) is 35.4 Å². The first-order valence-electron chi connectivity index (χ1n) is 17.2. The molecule has 5 rings (SSSR count). The minimum absolute atomic E-state index is 0. The van der Waals surface area contributed by atoms with E-state index in [2.05, 4.69) is 31.9 Å². The zero-order valence-electron chi connectivity index (χ0n) is 33.4. The molecular formula is C37H69Br2MgN5O11. The molecule has 4 unspecified atom stereocenters. The molecule has 0 aromatic heterocycles. The standard InChI is InChI=1S/C11H19NO3.C7H11NO3.C5H9NO2.C5H9NO.C4H5NO2.C2H5Br.2CH4.CH3.BrH.Mg/c1-8-5-6-9(13)12(8)7-10(14)15-11(2,3)4;1-5-2-3-6(9)8(5)4-7(10)11;1-5(8)3-2-4(7)6-5;1-4-2-3-5(7)6-4;6-3-1-2-4(7)5-3;1-2-3;;;;;/h8H,5-7H2,1-4H3;5H,2-4H2,1H3,(H,10,11);8H,2-3H2,1H3,(H,6,7);4H,2-3H2,1H3,(H,6,7);1-2H2,(H,5,6,7);2H2,1H3;2*1H4;1H3;1H;/q;;;;;;;;-1;;+2/p-1. The molecule has 5 aliphatic heterocycles. The molecule has 324 valence electrons. The van der Waals surface area contributed by atoms with Crippen LogP contribution < -0.4 is 32.9 Å². The summed E-state index contributed by atoms with van der Waals surface area (Å²) in [4.78, 5) is 88.1. The van der Waals surface area contributed by atoms with Crippen molar-refractivity contribution in [3.05, 3.63) is 7.43 Å². The number of rotatable bonds is 4. The Labute approximate surface area is 370 Å². The summed E-state index contributed by atoms with van der Waals surface area (Å²) in [6, 6.07) is 0.677. The van der Waals surface area contributed by atoms with E-state index >= 15 is 0 Å². The van der Waals surface area contributed by atoms with Gasteiger partial charge in [0.1, 0.15) is 24.4 Å². The number of carboxylic acid groups (broad SMARTS) is 1. The summed E-state index contributed by atoms with van der Waals surface area (Å²) in [5, 5.41) is 25.8. The van der Waals surface area contributed by atoms with Crippen molar-refractivity contribution in [2.24, 2.45) is 0 Å². The maximum Gasteiger partial charge on any atom is 2.00 e. The Morgan fingerprint density at radius 2 is 1.23 bits per heavy atom. The van der Waals surface area contributed by atoms with Crippen LogP contribution in [0.3, 0.4) is 0 Å². The molecule has 56 heavy (non-hydrogen) atoms. The number of carboxylic acids is 1. The van der Waals surface area contributed by atoms with Gasteiger partial charge in [-0.05, 0) is 67.7 Å². The van der Waals surface area contributed by atoms with Gasteiger partial charge in [0.15, 0.2) is 0 Å². The third kappa shape index (κ3) is 30.7. The van der Waals surface area contributed by atoms with Gasteiger partial charge in [-0.2, -0.15) is 0 Å². The molecule has 19 heteroatoms. The van der Waals surface area contributed by atoms with Crippen molar-refractivity contribution in [3.63, 3.8) is 0 Å². The van der Waals surface area contributed by atoms with Crippen LogP contribution in [0.1, 0.15) is 134 Å². The van der Waals surface area contributed by atoms with E-state index in [0.717, 1.165) is 31.0 Å². The zero-order valence-corrected chi connectivity index (χ0v) is 37.9. The molecule has 0 saturated carbocycles. The summed E-state index contributed by atoms with van der Waals surface area (Å²) in [5.41, 5.74) is -1.42. The number of carbonyl (C=O) groups is 8. The number of nitrogens with one attached hydrogen (secondary N) is 3. The van der Waals surface area contributed by atoms with Crippen LogP contribution in [-0.2, 0) is 43.1 Å². The molecule has 5 N–H and O–H groups in total. The average molecular weight is 944 g/mol. The number of hydrogen-bond donors (Lipinski definition) is 5. The van der Waals surface area contributed by atoms with Crippen LogP contribution in [0.5, 0.6) is 0 Å². The van der Waals surface area contributed by atoms with Gasteiger partial charge in [-0.15, -0.1) is 0 Å². The first-order valence-corrected chi connectivity index (χ1v) is 18.4. The average Bonchev–Trinajstić information content (AvgIpc) is 3.80. The van der Waals surface area contributed by atoms with Gasteiger partial charge in [0, 0.05) is 68.4 Å². The largest absolute Gasteiger partial charge is 2.00 e. The first-order chi connectivity index (χ1) is 23.5. The molecule has 0 aromatic rings. The summed E-state index contributed by atoms with van der Waals surface area (Å²) in [6.07, 6.45) is 6.13. The van der Waals surface area contributed by atoms with Crippen molar-refractivity contribution < 1.29 is 70.3 Å². The van der Waals surface area contributed by atoms with E-state index < -0.39 is 17.3 Å². The molecule has 5 heterocycles. The second-order valence-electron chi connectivity index (χ2n) is 13.9. The SMILES string of the molecule is C.C.CC1(O)CCC(=O)N1.CC1CCC(=O)N1.CC1CCC(=O)N1CC(=O)O.CC1CCC(=O)N1CC(=O)OC(C)(C)C.CCBr.O=C1CCC(=O)N1.[Br-].[CH3-].[Mg+2]. The van der Waals surface area contributed by atoms with E-state index in [1.54, 1.807) is 11.8 Å². The third-order valence-corrected chi connectivity index (χ3v) is 7.60. The smallest absolute Gasteiger partial charge is 1.00 e. The van der Waals surface area contributed by atoms with E-state index in [1.165, 1.54) is 4.90 Å². The predicted octanol–water partition coefficient (Wildman–Crippen LogP) is 0.481. The van der Waals surface area contributed by atoms with Crippen molar-refractivity contribution in [1.82, 2.24) is 25.8 Å². The number of aliphatic carboxylic acids is 1. The third-order valence-electron chi connectivity index (χ3n) is 7.60. The van der Waals surface area contributed by atoms with Gasteiger partial charge in [0.25, 0.3) is 0 Å². The number of aliphatic hydroxyl groups is 1. The van der Waals surface area contributed by atoms with Gasteiger partial charge in [-0.25, -0.2) is 0 Å². The molecule has 5 aliphatic rings. The van der Waals surface area contributed by atoms with Crippen LogP contribution in [0, 0.1) is 7.43 Å². The molecule has 0 spiro atoms. The van der Waals surface area contributed by atoms with Gasteiger partial charge < -0.3 is 59.8 Å². The summed E-state index contributed by atoms with van der Waals surface area (Å²) < 4.78 is 5.16. The zero-order chi connectivity index (χ0) is 39.5. The number of hydrogen-bond acceptors (Lipinski definition) is 10. The van der Waals surface area contributed by atoms with Crippen LogP contribution in [0.25, 0.3) is 0 Å². The van der Waals surface area contributed by atoms with Crippen LogP contribution in [-0.4, -0.2) is 138 Å². The quantitative estimate of drug-likeness (QED) is 0.0857. The molecule has 16 nitrogen and oxygen atoms in total. The molecule has 0 aromatic carbocycles. The molecule has 6 amide bonds. The maximum absolute atomic E-state index is 11.5. The molecule has 0 bridgehead atoms. The van der Waals surface area contributed by atoms with Crippen molar-refractivity contribution >= 4 is 86.4 Å². The Hall–Kier alpha value is -2.35. The van der Waals surface area contributed by atoms with E-state index in [1.807, 2.05) is 48.5 Å². The minimum Gasteiger partial charge on any atom is -1.00 e. The monoisotopic (exact) mass is 941 g/mol. The van der Waals surface area contributed by atoms with Crippen molar-refractivity contribution in [2.45, 2.75) is 164 Å². The summed E-state index contributed by atoms with van der Waals surface area (Å²) in [5.74, 6) is -1.41. The summed E-state index contributed by atoms with van der Waals surface area (Å²) >= 11 is 3.15. The van der Waals surface area contributed by atoms with Crippen LogP contribution in [0.15, 0.2) is 0 Å². The Kier molecular flexibility index (Phi) is 38.1. The van der Waals surface area contributed by atoms with Gasteiger partial charge in [0.05, 0.1) is 0 Å². The molecule has 5 fully saturated rings. The number of alkyl halides is 1. The fourth-order valence-corrected chi connectivity index (χ4v) is 4.96. The number of esters is 1. The fourth-order valence-electron chi connectivity index (χ4n) is 4.96. The number of ether oxygens (including phenoxy) is 1. The van der Waals surface area contributed by atoms with Gasteiger partial charge >= 0.3 is 35.0 Å². The van der Waals surface area contributed by atoms with Crippen LogP contribution in [0.2, 0.25) is 0 Å². The van der Waals surface area contributed by atoms with Crippen LogP contribution in [0.4, 0.5) is 0 Å². The Balaban J connectivity index is -0.000000138. The van der Waals surface area contributed by atoms with Gasteiger partial charge in [-0.1, -0.05) is 37.7 Å². The normalized spacial score (nSPS) is 22.6. The molecule has 5 saturated heterocycles.